The molecule has 0 saturated carbocycles. The number of halogens is 7. The number of hydrogen-bond donors (Lipinski definition) is 0. The zero-order valence-electron chi connectivity index (χ0n) is 13.3. The monoisotopic (exact) mass is 378 g/mol. The van der Waals surface area contributed by atoms with Crippen molar-refractivity contribution in [3.63, 3.8) is 0 Å². The molecule has 3 rings (SSSR count). The van der Waals surface area contributed by atoms with E-state index in [2.05, 4.69) is 0 Å². The van der Waals surface area contributed by atoms with Crippen molar-refractivity contribution in [3.8, 4) is 16.9 Å². The lowest BCUT2D eigenvalue weighted by atomic mass is 9.91. The highest BCUT2D eigenvalue weighted by molar-refractivity contribution is 5.79. The predicted octanol–water partition coefficient (Wildman–Crippen LogP) is 6.25. The Morgan fingerprint density at radius 1 is 0.846 bits per heavy atom. The van der Waals surface area contributed by atoms with Crippen LogP contribution >= 0.6 is 0 Å². The summed E-state index contributed by atoms with van der Waals surface area (Å²) < 4.78 is 99.9. The lowest BCUT2D eigenvalue weighted by Crippen LogP contribution is -2.15. The number of ether oxygens (including phenoxy) is 1. The number of aryl methyl sites for hydroxylation is 1. The van der Waals surface area contributed by atoms with E-state index >= 15 is 0 Å². The first-order chi connectivity index (χ1) is 12.1. The van der Waals surface area contributed by atoms with Crippen molar-refractivity contribution in [1.82, 2.24) is 0 Å². The molecule has 0 aromatic heterocycles. The molecule has 2 aromatic carbocycles. The van der Waals surface area contributed by atoms with E-state index in [0.717, 1.165) is 6.07 Å². The summed E-state index contributed by atoms with van der Waals surface area (Å²) >= 11 is 0. The van der Waals surface area contributed by atoms with E-state index in [1.807, 2.05) is 0 Å². The first-order valence-corrected chi connectivity index (χ1v) is 7.82. The van der Waals surface area contributed by atoms with Gasteiger partial charge in [-0.1, -0.05) is 6.07 Å². The van der Waals surface area contributed by atoms with Crippen molar-refractivity contribution in [2.45, 2.75) is 31.6 Å². The molecule has 0 spiro atoms. The molecule has 1 aliphatic heterocycles. The quantitative estimate of drug-likeness (QED) is 0.534. The molecule has 2 aromatic rings. The number of benzene rings is 2. The molecule has 0 bridgehead atoms. The van der Waals surface area contributed by atoms with Crippen molar-refractivity contribution in [1.29, 1.82) is 0 Å². The van der Waals surface area contributed by atoms with Crippen molar-refractivity contribution in [3.05, 3.63) is 52.8 Å². The second kappa shape index (κ2) is 6.48. The van der Waals surface area contributed by atoms with Crippen LogP contribution in [0.1, 0.15) is 29.5 Å². The minimum atomic E-state index is -5.04. The highest BCUT2D eigenvalue weighted by Crippen LogP contribution is 2.48. The van der Waals surface area contributed by atoms with Gasteiger partial charge in [0, 0.05) is 11.1 Å². The number of rotatable bonds is 1. The summed E-state index contributed by atoms with van der Waals surface area (Å²) in [7, 11) is 0. The van der Waals surface area contributed by atoms with Crippen LogP contribution in [0.2, 0.25) is 0 Å². The molecule has 26 heavy (non-hydrogen) atoms. The average Bonchev–Trinajstić information content (AvgIpc) is 2.77. The molecule has 0 aliphatic carbocycles. The molecular weight excluding hydrogens is 365 g/mol. The first kappa shape index (κ1) is 18.5. The number of alkyl halides is 6. The Balaban J connectivity index is 2.39. The van der Waals surface area contributed by atoms with Crippen LogP contribution in [0.4, 0.5) is 30.7 Å². The minimum absolute atomic E-state index is 0.119. The maximum absolute atomic E-state index is 14.0. The second-order valence-corrected chi connectivity index (χ2v) is 5.97. The fourth-order valence-electron chi connectivity index (χ4n) is 3.10. The largest absolute Gasteiger partial charge is 0.493 e. The molecule has 1 heterocycles. The Bertz CT molecular complexity index is 789. The lowest BCUT2D eigenvalue weighted by Gasteiger charge is -2.21. The summed E-state index contributed by atoms with van der Waals surface area (Å²) in [5.74, 6) is -1.03. The molecule has 1 nitrogen and oxygen atoms in total. The van der Waals surface area contributed by atoms with E-state index in [9.17, 15) is 30.7 Å². The van der Waals surface area contributed by atoms with Gasteiger partial charge < -0.3 is 4.74 Å². The SMILES string of the molecule is Fc1cc2c(c(-c3c(C(F)(F)F)cccc3C(F)(F)F)c1)OCCCC2. The standard InChI is InChI=1S/C18H13F7O/c19-11-8-10-4-1-2-7-26-16(10)12(9-11)15-13(17(20,21)22)5-3-6-14(15)18(23,24)25/h3,5-6,8-9H,1-2,4,7H2. The minimum Gasteiger partial charge on any atom is -0.493 e. The van der Waals surface area contributed by atoms with Crippen LogP contribution in [0.25, 0.3) is 11.1 Å². The molecule has 0 amide bonds. The van der Waals surface area contributed by atoms with Crippen molar-refractivity contribution in [2.75, 3.05) is 6.61 Å². The van der Waals surface area contributed by atoms with Gasteiger partial charge in [-0.05, 0) is 49.1 Å². The number of fused-ring (bicyclic) bond motifs is 1. The van der Waals surface area contributed by atoms with E-state index in [1.165, 1.54) is 0 Å². The second-order valence-electron chi connectivity index (χ2n) is 5.97. The average molecular weight is 378 g/mol. The molecule has 8 heteroatoms. The Hall–Kier alpha value is -2.25. The summed E-state index contributed by atoms with van der Waals surface area (Å²) in [6.45, 7) is 0.140. The summed E-state index contributed by atoms with van der Waals surface area (Å²) in [4.78, 5) is 0. The zero-order valence-corrected chi connectivity index (χ0v) is 13.3. The Morgan fingerprint density at radius 3 is 2.04 bits per heavy atom. The van der Waals surface area contributed by atoms with Gasteiger partial charge >= 0.3 is 12.4 Å². The van der Waals surface area contributed by atoms with Gasteiger partial charge in [-0.2, -0.15) is 26.3 Å². The van der Waals surface area contributed by atoms with Gasteiger partial charge in [0.05, 0.1) is 17.7 Å². The summed E-state index contributed by atoms with van der Waals surface area (Å²) in [6.07, 6.45) is -8.59. The molecule has 1 aliphatic rings. The molecule has 0 atom stereocenters. The predicted molar refractivity (Wildman–Crippen MR) is 80.3 cm³/mol. The topological polar surface area (TPSA) is 9.23 Å². The van der Waals surface area contributed by atoms with Gasteiger partial charge in [-0.3, -0.25) is 0 Å². The van der Waals surface area contributed by atoms with E-state index in [0.29, 0.717) is 43.5 Å². The third kappa shape index (κ3) is 3.50. The molecule has 0 radical (unpaired) electrons. The smallest absolute Gasteiger partial charge is 0.417 e. The van der Waals surface area contributed by atoms with Crippen LogP contribution < -0.4 is 4.74 Å². The van der Waals surface area contributed by atoms with Gasteiger partial charge in [0.1, 0.15) is 11.6 Å². The summed E-state index contributed by atoms with van der Waals surface area (Å²) in [5.41, 5.74) is -4.32. The summed E-state index contributed by atoms with van der Waals surface area (Å²) in [6, 6.07) is 3.56. The Morgan fingerprint density at radius 2 is 1.46 bits per heavy atom. The molecule has 0 unspecified atom stereocenters. The highest BCUT2D eigenvalue weighted by atomic mass is 19.4. The molecule has 140 valence electrons. The Kier molecular flexibility index (Phi) is 4.62. The van der Waals surface area contributed by atoms with E-state index in [1.54, 1.807) is 0 Å². The lowest BCUT2D eigenvalue weighted by molar-refractivity contribution is -0.142. The van der Waals surface area contributed by atoms with Crippen LogP contribution in [-0.2, 0) is 18.8 Å². The molecule has 0 fully saturated rings. The third-order valence-corrected chi connectivity index (χ3v) is 4.16. The van der Waals surface area contributed by atoms with Crippen molar-refractivity contribution < 1.29 is 35.5 Å². The fraction of sp³-hybridized carbons (Fsp3) is 0.333. The Labute approximate surface area is 144 Å². The van der Waals surface area contributed by atoms with Gasteiger partial charge in [0.15, 0.2) is 0 Å². The van der Waals surface area contributed by atoms with Gasteiger partial charge in [-0.25, -0.2) is 4.39 Å². The van der Waals surface area contributed by atoms with Crippen LogP contribution in [0.5, 0.6) is 5.75 Å². The number of hydrogen-bond acceptors (Lipinski definition) is 1. The fourth-order valence-corrected chi connectivity index (χ4v) is 3.10. The highest BCUT2D eigenvalue weighted by Gasteiger charge is 2.42. The maximum atomic E-state index is 14.0. The van der Waals surface area contributed by atoms with Gasteiger partial charge in [-0.15, -0.1) is 0 Å². The summed E-state index contributed by atoms with van der Waals surface area (Å²) in [5, 5.41) is 0. The van der Waals surface area contributed by atoms with Crippen molar-refractivity contribution in [2.24, 2.45) is 0 Å². The molecule has 0 N–H and O–H groups in total. The van der Waals surface area contributed by atoms with Crippen molar-refractivity contribution >= 4 is 0 Å². The normalized spacial score (nSPS) is 15.2. The zero-order chi connectivity index (χ0) is 19.1. The molecular formula is C18H13F7O. The van der Waals surface area contributed by atoms with E-state index in [-0.39, 0.29) is 17.9 Å². The van der Waals surface area contributed by atoms with Gasteiger partial charge in [0.2, 0.25) is 0 Å². The first-order valence-electron chi connectivity index (χ1n) is 7.82. The van der Waals surface area contributed by atoms with Crippen LogP contribution in [0.15, 0.2) is 30.3 Å². The van der Waals surface area contributed by atoms with Crippen LogP contribution in [0.3, 0.4) is 0 Å². The maximum Gasteiger partial charge on any atom is 0.417 e. The molecule has 0 saturated heterocycles. The van der Waals surface area contributed by atoms with Crippen LogP contribution in [0, 0.1) is 5.82 Å². The van der Waals surface area contributed by atoms with E-state index in [4.69, 9.17) is 4.74 Å². The third-order valence-electron chi connectivity index (χ3n) is 4.16. The van der Waals surface area contributed by atoms with E-state index < -0.39 is 40.4 Å². The van der Waals surface area contributed by atoms with Gasteiger partial charge in [0.25, 0.3) is 0 Å². The van der Waals surface area contributed by atoms with Crippen LogP contribution in [-0.4, -0.2) is 6.61 Å².